The number of nitro groups is 1. The summed E-state index contributed by atoms with van der Waals surface area (Å²) in [6.45, 7) is 0. The molecule has 2 aliphatic rings. The maximum absolute atomic E-state index is 10.7. The quantitative estimate of drug-likeness (QED) is 0.650. The molecule has 2 bridgehead atoms. The average molecular weight is 272 g/mol. The van der Waals surface area contributed by atoms with Gasteiger partial charge in [-0.25, -0.2) is 0 Å². The molecule has 0 aliphatic carbocycles. The van der Waals surface area contributed by atoms with Gasteiger partial charge in [0.05, 0.1) is 16.2 Å². The first-order valence-electron chi connectivity index (χ1n) is 6.87. The summed E-state index contributed by atoms with van der Waals surface area (Å²) in [6, 6.07) is 7.91. The summed E-state index contributed by atoms with van der Waals surface area (Å²) in [5.41, 5.74) is 0.993. The third-order valence-corrected chi connectivity index (χ3v) is 4.17. The minimum absolute atomic E-state index is 0.0440. The molecule has 0 spiro atoms. The fourth-order valence-electron chi connectivity index (χ4n) is 3.26. The number of hydrogen-bond acceptors (Lipinski definition) is 5. The molecule has 2 N–H and O–H groups in total. The molecule has 1 aromatic rings. The summed E-state index contributed by atoms with van der Waals surface area (Å²) in [4.78, 5) is 10.3. The molecule has 6 heteroatoms. The van der Waals surface area contributed by atoms with Gasteiger partial charge in [-0.15, -0.1) is 0 Å². The maximum Gasteiger partial charge on any atom is 0.270 e. The summed E-state index contributed by atoms with van der Waals surface area (Å²) in [5.74, 6) is 0. The fourth-order valence-corrected chi connectivity index (χ4v) is 3.26. The van der Waals surface area contributed by atoms with Crippen LogP contribution in [0.4, 0.5) is 11.4 Å². The lowest BCUT2D eigenvalue weighted by Gasteiger charge is -2.30. The van der Waals surface area contributed by atoms with E-state index in [9.17, 15) is 10.1 Å². The van der Waals surface area contributed by atoms with Crippen molar-refractivity contribution in [3.8, 4) is 6.07 Å². The monoisotopic (exact) mass is 272 g/mol. The molecule has 1 aromatic carbocycles. The molecule has 0 saturated carbocycles. The molecule has 2 fully saturated rings. The third-order valence-electron chi connectivity index (χ3n) is 4.17. The van der Waals surface area contributed by atoms with Gasteiger partial charge >= 0.3 is 0 Å². The highest BCUT2D eigenvalue weighted by atomic mass is 16.6. The summed E-state index contributed by atoms with van der Waals surface area (Å²) in [6.07, 6.45) is 4.51. The molecule has 3 rings (SSSR count). The van der Waals surface area contributed by atoms with Crippen LogP contribution in [0.5, 0.6) is 0 Å². The highest BCUT2D eigenvalue weighted by Crippen LogP contribution is 2.30. The Bertz CT molecular complexity index is 569. The smallest absolute Gasteiger partial charge is 0.270 e. The Balaban J connectivity index is 1.77. The highest BCUT2D eigenvalue weighted by molar-refractivity contribution is 5.61. The Morgan fingerprint density at radius 1 is 1.35 bits per heavy atom. The van der Waals surface area contributed by atoms with E-state index in [0.717, 1.165) is 12.8 Å². The van der Waals surface area contributed by atoms with Crippen molar-refractivity contribution in [1.29, 1.82) is 5.26 Å². The number of rotatable bonds is 3. The van der Waals surface area contributed by atoms with Crippen molar-refractivity contribution in [1.82, 2.24) is 5.32 Å². The molecule has 20 heavy (non-hydrogen) atoms. The number of nitrogens with zero attached hydrogens (tertiary/aromatic N) is 2. The summed E-state index contributed by atoms with van der Waals surface area (Å²) in [5, 5.41) is 26.8. The van der Waals surface area contributed by atoms with Gasteiger partial charge in [-0.1, -0.05) is 0 Å². The van der Waals surface area contributed by atoms with Gasteiger partial charge in [0.2, 0.25) is 0 Å². The largest absolute Gasteiger partial charge is 0.381 e. The van der Waals surface area contributed by atoms with Crippen LogP contribution in [0.2, 0.25) is 0 Å². The lowest BCUT2D eigenvalue weighted by molar-refractivity contribution is -0.384. The van der Waals surface area contributed by atoms with Gasteiger partial charge in [0, 0.05) is 30.3 Å². The van der Waals surface area contributed by atoms with E-state index in [1.54, 1.807) is 6.07 Å². The molecule has 2 aliphatic heterocycles. The second-order valence-corrected chi connectivity index (χ2v) is 5.55. The first-order valence-corrected chi connectivity index (χ1v) is 6.87. The van der Waals surface area contributed by atoms with Gasteiger partial charge in [-0.3, -0.25) is 10.1 Å². The lowest BCUT2D eigenvalue weighted by atomic mass is 9.99. The van der Waals surface area contributed by atoms with Crippen molar-refractivity contribution in [2.45, 2.75) is 43.8 Å². The van der Waals surface area contributed by atoms with Crippen LogP contribution in [0.3, 0.4) is 0 Å². The number of nitriles is 1. The van der Waals surface area contributed by atoms with E-state index in [4.69, 9.17) is 5.26 Å². The van der Waals surface area contributed by atoms with Crippen LogP contribution < -0.4 is 10.6 Å². The van der Waals surface area contributed by atoms with Crippen molar-refractivity contribution in [3.05, 3.63) is 33.9 Å². The van der Waals surface area contributed by atoms with E-state index in [0.29, 0.717) is 29.4 Å². The molecular weight excluding hydrogens is 256 g/mol. The van der Waals surface area contributed by atoms with Gasteiger partial charge < -0.3 is 10.6 Å². The summed E-state index contributed by atoms with van der Waals surface area (Å²) in [7, 11) is 0. The maximum atomic E-state index is 10.7. The van der Waals surface area contributed by atoms with E-state index in [2.05, 4.69) is 10.6 Å². The number of fused-ring (bicyclic) bond motifs is 2. The number of non-ortho nitro benzene ring substituents is 1. The molecule has 2 heterocycles. The van der Waals surface area contributed by atoms with Gasteiger partial charge in [-0.05, 0) is 31.7 Å². The molecule has 2 saturated heterocycles. The molecule has 6 nitrogen and oxygen atoms in total. The van der Waals surface area contributed by atoms with Gasteiger partial charge in [0.25, 0.3) is 5.69 Å². The Morgan fingerprint density at radius 2 is 2.05 bits per heavy atom. The molecule has 0 radical (unpaired) electrons. The zero-order chi connectivity index (χ0) is 14.1. The third kappa shape index (κ3) is 2.45. The minimum atomic E-state index is -0.477. The zero-order valence-electron chi connectivity index (χ0n) is 11.0. The normalized spacial score (nSPS) is 27.9. The molecule has 104 valence electrons. The standard InChI is InChI=1S/C14H16N4O2/c15-8-9-5-13(18(19)20)3-4-14(9)17-12-6-10-1-2-11(7-12)16-10/h3-5,10-12,16-17H,1-2,6-7H2. The van der Waals surface area contributed by atoms with Crippen molar-refractivity contribution >= 4 is 11.4 Å². The summed E-state index contributed by atoms with van der Waals surface area (Å²) >= 11 is 0. The van der Waals surface area contributed by atoms with E-state index < -0.39 is 4.92 Å². The zero-order valence-corrected chi connectivity index (χ0v) is 11.0. The number of nitrogens with one attached hydrogen (secondary N) is 2. The Hall–Kier alpha value is -2.13. The highest BCUT2D eigenvalue weighted by Gasteiger charge is 2.33. The van der Waals surface area contributed by atoms with Gasteiger partial charge in [-0.2, -0.15) is 5.26 Å². The van der Waals surface area contributed by atoms with Crippen LogP contribution >= 0.6 is 0 Å². The SMILES string of the molecule is N#Cc1cc([N+](=O)[O-])ccc1NC1CC2CCC(C1)N2. The second kappa shape index (κ2) is 5.10. The van der Waals surface area contributed by atoms with E-state index in [-0.39, 0.29) is 5.69 Å². The lowest BCUT2D eigenvalue weighted by Crippen LogP contribution is -2.43. The Morgan fingerprint density at radius 3 is 2.65 bits per heavy atom. The van der Waals surface area contributed by atoms with Crippen LogP contribution in [0.1, 0.15) is 31.2 Å². The fraction of sp³-hybridized carbons (Fsp3) is 0.500. The molecule has 0 amide bonds. The average Bonchev–Trinajstić information content (AvgIpc) is 2.78. The molecule has 0 aromatic heterocycles. The number of nitro benzene ring substituents is 1. The first-order chi connectivity index (χ1) is 9.65. The topological polar surface area (TPSA) is 91.0 Å². The minimum Gasteiger partial charge on any atom is -0.381 e. The molecule has 2 atom stereocenters. The van der Waals surface area contributed by atoms with E-state index >= 15 is 0 Å². The van der Waals surface area contributed by atoms with Crippen molar-refractivity contribution in [3.63, 3.8) is 0 Å². The number of hydrogen-bond donors (Lipinski definition) is 2. The number of benzene rings is 1. The number of anilines is 1. The van der Waals surface area contributed by atoms with Crippen molar-refractivity contribution in [2.75, 3.05) is 5.32 Å². The predicted octanol–water partition coefficient (Wildman–Crippen LogP) is 2.16. The van der Waals surface area contributed by atoms with Gasteiger partial charge in [0.15, 0.2) is 0 Å². The number of piperidine rings is 1. The van der Waals surface area contributed by atoms with E-state index in [1.165, 1.54) is 25.0 Å². The van der Waals surface area contributed by atoms with E-state index in [1.807, 2.05) is 6.07 Å². The Labute approximate surface area is 116 Å². The van der Waals surface area contributed by atoms with Crippen molar-refractivity contribution in [2.24, 2.45) is 0 Å². The molecular formula is C14H16N4O2. The Kier molecular flexibility index (Phi) is 3.28. The van der Waals surface area contributed by atoms with Crippen LogP contribution in [0.15, 0.2) is 18.2 Å². The van der Waals surface area contributed by atoms with Crippen LogP contribution in [0.25, 0.3) is 0 Å². The predicted molar refractivity (Wildman–Crippen MR) is 74.4 cm³/mol. The molecule has 2 unspecified atom stereocenters. The van der Waals surface area contributed by atoms with Crippen LogP contribution in [-0.2, 0) is 0 Å². The summed E-state index contributed by atoms with van der Waals surface area (Å²) < 4.78 is 0. The first kappa shape index (κ1) is 12.9. The second-order valence-electron chi connectivity index (χ2n) is 5.55. The van der Waals surface area contributed by atoms with Crippen molar-refractivity contribution < 1.29 is 4.92 Å². The van der Waals surface area contributed by atoms with Crippen LogP contribution in [-0.4, -0.2) is 23.0 Å². The van der Waals surface area contributed by atoms with Gasteiger partial charge in [0.1, 0.15) is 6.07 Å². The van der Waals surface area contributed by atoms with Crippen LogP contribution in [0, 0.1) is 21.4 Å².